The first-order valence-electron chi connectivity index (χ1n) is 11.6. The third kappa shape index (κ3) is 4.48. The lowest BCUT2D eigenvalue weighted by Crippen LogP contribution is -2.34. The molecule has 2 aromatic carbocycles. The number of hydrogen-bond donors (Lipinski definition) is 4. The van der Waals surface area contributed by atoms with Crippen molar-refractivity contribution in [3.05, 3.63) is 59.7 Å². The van der Waals surface area contributed by atoms with Gasteiger partial charge in [0.2, 0.25) is 5.95 Å². The summed E-state index contributed by atoms with van der Waals surface area (Å²) in [6, 6.07) is 10.9. The lowest BCUT2D eigenvalue weighted by Gasteiger charge is -2.24. The Morgan fingerprint density at radius 2 is 2.00 bits per heavy atom. The first kappa shape index (κ1) is 23.4. The fourth-order valence-corrected chi connectivity index (χ4v) is 4.32. The zero-order valence-corrected chi connectivity index (χ0v) is 20.0. The van der Waals surface area contributed by atoms with E-state index in [2.05, 4.69) is 25.6 Å². The molecule has 0 atom stereocenters. The molecule has 1 saturated heterocycles. The van der Waals surface area contributed by atoms with Crippen LogP contribution >= 0.6 is 0 Å². The number of imidazole rings is 2. The highest BCUT2D eigenvalue weighted by Crippen LogP contribution is 2.27. The van der Waals surface area contributed by atoms with Crippen LogP contribution in [0.15, 0.2) is 42.7 Å². The summed E-state index contributed by atoms with van der Waals surface area (Å²) in [4.78, 5) is 37.3. The van der Waals surface area contributed by atoms with E-state index in [1.807, 2.05) is 31.2 Å². The largest absolute Gasteiger partial charge is 0.494 e. The summed E-state index contributed by atoms with van der Waals surface area (Å²) >= 11 is 0. The highest BCUT2D eigenvalue weighted by molar-refractivity contribution is 6.10. The second kappa shape index (κ2) is 9.70. The van der Waals surface area contributed by atoms with Gasteiger partial charge in [-0.25, -0.2) is 9.97 Å². The number of ether oxygens (including phenoxy) is 2. The standard InChI is InChI=1S/C25H27N7O4/c1-14-12-16(36-15-8-10-27-11-9-15)6-7-17(14)29-24(34)21-22(23(26)33)32(13-28-21)25-30-18-4-3-5-19(35-2)20(18)31-25/h3-7,12-13,15,27H,8-11H2,1-2H3,(H2,26,33)(H,29,34)(H,30,31). The van der Waals surface area contributed by atoms with Crippen LogP contribution in [0.4, 0.5) is 5.69 Å². The first-order chi connectivity index (χ1) is 17.4. The number of carbonyl (C=O) groups excluding carboxylic acids is 2. The van der Waals surface area contributed by atoms with E-state index in [1.54, 1.807) is 19.2 Å². The molecular weight excluding hydrogens is 462 g/mol. The van der Waals surface area contributed by atoms with E-state index in [4.69, 9.17) is 15.2 Å². The fraction of sp³-hybridized carbons (Fsp3) is 0.280. The molecule has 11 heteroatoms. The molecule has 0 bridgehead atoms. The molecule has 1 aliphatic heterocycles. The minimum atomic E-state index is -0.812. The van der Waals surface area contributed by atoms with Crippen molar-refractivity contribution in [2.24, 2.45) is 5.73 Å². The van der Waals surface area contributed by atoms with Crippen LogP contribution < -0.4 is 25.8 Å². The molecule has 0 unspecified atom stereocenters. The monoisotopic (exact) mass is 489 g/mol. The predicted octanol–water partition coefficient (Wildman–Crippen LogP) is 2.55. The minimum Gasteiger partial charge on any atom is -0.494 e. The van der Waals surface area contributed by atoms with Crippen LogP contribution in [0.3, 0.4) is 0 Å². The number of aryl methyl sites for hydroxylation is 1. The lowest BCUT2D eigenvalue weighted by molar-refractivity contribution is 0.0970. The first-order valence-corrected chi connectivity index (χ1v) is 11.6. The molecule has 11 nitrogen and oxygen atoms in total. The van der Waals surface area contributed by atoms with Gasteiger partial charge in [0.05, 0.1) is 12.6 Å². The number of primary amides is 1. The summed E-state index contributed by atoms with van der Waals surface area (Å²) in [7, 11) is 1.55. The Balaban J connectivity index is 1.39. The Bertz CT molecular complexity index is 1440. The minimum absolute atomic E-state index is 0.0889. The maximum Gasteiger partial charge on any atom is 0.276 e. The topological polar surface area (TPSA) is 149 Å². The van der Waals surface area contributed by atoms with Gasteiger partial charge in [-0.05, 0) is 68.8 Å². The molecule has 186 valence electrons. The van der Waals surface area contributed by atoms with Crippen LogP contribution in [0.1, 0.15) is 39.4 Å². The number of nitrogens with one attached hydrogen (secondary N) is 3. The number of nitrogens with zero attached hydrogens (tertiary/aromatic N) is 3. The Kier molecular flexibility index (Phi) is 6.30. The Morgan fingerprint density at radius 3 is 2.72 bits per heavy atom. The van der Waals surface area contributed by atoms with Gasteiger partial charge in [-0.2, -0.15) is 0 Å². The van der Waals surface area contributed by atoms with Crippen LogP contribution in [0.25, 0.3) is 17.0 Å². The van der Waals surface area contributed by atoms with Crippen molar-refractivity contribution < 1.29 is 19.1 Å². The van der Waals surface area contributed by atoms with E-state index in [0.717, 1.165) is 37.2 Å². The number of methoxy groups -OCH3 is 1. The molecule has 2 amide bonds. The number of anilines is 1. The predicted molar refractivity (Wildman–Crippen MR) is 134 cm³/mol. The second-order valence-electron chi connectivity index (χ2n) is 8.59. The van der Waals surface area contributed by atoms with Crippen molar-refractivity contribution in [1.82, 2.24) is 24.8 Å². The van der Waals surface area contributed by atoms with Crippen molar-refractivity contribution in [2.45, 2.75) is 25.9 Å². The highest BCUT2D eigenvalue weighted by atomic mass is 16.5. The Morgan fingerprint density at radius 1 is 1.19 bits per heavy atom. The fourth-order valence-electron chi connectivity index (χ4n) is 4.32. The average Bonchev–Trinajstić information content (AvgIpc) is 3.51. The molecule has 0 radical (unpaired) electrons. The summed E-state index contributed by atoms with van der Waals surface area (Å²) in [5, 5.41) is 6.14. The number of para-hydroxylation sites is 1. The number of amides is 2. The smallest absolute Gasteiger partial charge is 0.276 e. The van der Waals surface area contributed by atoms with E-state index in [-0.39, 0.29) is 23.4 Å². The molecule has 0 aliphatic carbocycles. The zero-order chi connectivity index (χ0) is 25.2. The summed E-state index contributed by atoms with van der Waals surface area (Å²) in [5.41, 5.74) is 8.13. The molecule has 2 aromatic heterocycles. The third-order valence-electron chi connectivity index (χ3n) is 6.16. The molecule has 5 rings (SSSR count). The number of benzene rings is 2. The number of nitrogens with two attached hydrogens (primary N) is 1. The van der Waals surface area contributed by atoms with E-state index in [9.17, 15) is 9.59 Å². The summed E-state index contributed by atoms with van der Waals surface area (Å²) in [6.07, 6.45) is 3.41. The highest BCUT2D eigenvalue weighted by Gasteiger charge is 2.25. The van der Waals surface area contributed by atoms with Gasteiger partial charge in [-0.1, -0.05) is 6.07 Å². The van der Waals surface area contributed by atoms with Gasteiger partial charge in [0.1, 0.15) is 35.1 Å². The number of H-pyrrole nitrogens is 1. The number of aromatic nitrogens is 4. The number of hydrogen-bond acceptors (Lipinski definition) is 7. The van der Waals surface area contributed by atoms with Crippen molar-refractivity contribution in [3.8, 4) is 17.4 Å². The normalized spacial score (nSPS) is 14.1. The van der Waals surface area contributed by atoms with Crippen molar-refractivity contribution in [2.75, 3.05) is 25.5 Å². The average molecular weight is 490 g/mol. The van der Waals surface area contributed by atoms with Gasteiger partial charge in [-0.3, -0.25) is 14.2 Å². The lowest BCUT2D eigenvalue weighted by atomic mass is 10.1. The van der Waals surface area contributed by atoms with Gasteiger partial charge >= 0.3 is 0 Å². The molecule has 36 heavy (non-hydrogen) atoms. The maximum absolute atomic E-state index is 13.1. The van der Waals surface area contributed by atoms with Gasteiger partial charge in [0, 0.05) is 5.69 Å². The van der Waals surface area contributed by atoms with Gasteiger partial charge in [-0.15, -0.1) is 0 Å². The van der Waals surface area contributed by atoms with Crippen LogP contribution in [0, 0.1) is 6.92 Å². The number of piperidine rings is 1. The zero-order valence-electron chi connectivity index (χ0n) is 20.0. The second-order valence-corrected chi connectivity index (χ2v) is 8.59. The van der Waals surface area contributed by atoms with Crippen LogP contribution in [-0.2, 0) is 0 Å². The van der Waals surface area contributed by atoms with E-state index in [0.29, 0.717) is 22.5 Å². The van der Waals surface area contributed by atoms with Gasteiger partial charge in [0.25, 0.3) is 11.8 Å². The van der Waals surface area contributed by atoms with Crippen molar-refractivity contribution in [3.63, 3.8) is 0 Å². The van der Waals surface area contributed by atoms with Crippen molar-refractivity contribution in [1.29, 1.82) is 0 Å². The van der Waals surface area contributed by atoms with E-state index >= 15 is 0 Å². The Hall–Kier alpha value is -4.38. The number of fused-ring (bicyclic) bond motifs is 1. The molecule has 0 saturated carbocycles. The maximum atomic E-state index is 13.1. The molecular formula is C25H27N7O4. The SMILES string of the molecule is COc1cccc2[nH]c(-n3cnc(C(=O)Nc4ccc(OC5CCNCC5)cc4C)c3C(N)=O)nc12. The van der Waals surface area contributed by atoms with Crippen LogP contribution in [0.2, 0.25) is 0 Å². The van der Waals surface area contributed by atoms with E-state index < -0.39 is 11.8 Å². The molecule has 0 spiro atoms. The summed E-state index contributed by atoms with van der Waals surface area (Å²) in [5.74, 6) is 0.223. The number of rotatable bonds is 7. The number of carbonyl (C=O) groups is 2. The molecule has 1 aliphatic rings. The summed E-state index contributed by atoms with van der Waals surface area (Å²) in [6.45, 7) is 3.75. The van der Waals surface area contributed by atoms with E-state index in [1.165, 1.54) is 10.9 Å². The molecule has 3 heterocycles. The van der Waals surface area contributed by atoms with Crippen molar-refractivity contribution >= 4 is 28.5 Å². The Labute approximate surface area is 207 Å². The quantitative estimate of drug-likeness (QED) is 0.312. The summed E-state index contributed by atoms with van der Waals surface area (Å²) < 4.78 is 12.8. The molecule has 1 fully saturated rings. The third-order valence-corrected chi connectivity index (χ3v) is 6.16. The van der Waals surface area contributed by atoms with Gasteiger partial charge in [0.15, 0.2) is 5.69 Å². The van der Waals surface area contributed by atoms with Gasteiger partial charge < -0.3 is 30.8 Å². The van der Waals surface area contributed by atoms with Crippen LogP contribution in [-0.4, -0.2) is 57.6 Å². The molecule has 5 N–H and O–H groups in total. The van der Waals surface area contributed by atoms with Crippen LogP contribution in [0.5, 0.6) is 11.5 Å². The molecule has 4 aromatic rings. The number of aromatic amines is 1.